The maximum absolute atomic E-state index is 4.38. The Hall–Kier alpha value is -0.680. The molecule has 2 rings (SSSR count). The summed E-state index contributed by atoms with van der Waals surface area (Å²) in [6, 6.07) is 4.04. The standard InChI is InChI=1S/C10H10BrN3.C2H5Br/c1-7-3-8(2)14(13-7)10-4-9(11)5-12-6-10;1-2-3/h3-6H,1-2H3;2H2,1H3. The number of hydrogen-bond acceptors (Lipinski definition) is 2. The quantitative estimate of drug-likeness (QED) is 0.718. The van der Waals surface area contributed by atoms with E-state index in [9.17, 15) is 0 Å². The van der Waals surface area contributed by atoms with E-state index in [1.165, 1.54) is 0 Å². The summed E-state index contributed by atoms with van der Waals surface area (Å²) in [7, 11) is 0. The van der Waals surface area contributed by atoms with E-state index in [0.717, 1.165) is 26.9 Å². The SMILES string of the molecule is CCBr.Cc1cc(C)n(-c2cncc(Br)c2)n1. The van der Waals surface area contributed by atoms with Gasteiger partial charge >= 0.3 is 0 Å². The number of halogens is 2. The zero-order chi connectivity index (χ0) is 12.8. The number of pyridine rings is 1. The average molecular weight is 361 g/mol. The lowest BCUT2D eigenvalue weighted by Gasteiger charge is -2.03. The van der Waals surface area contributed by atoms with Gasteiger partial charge in [0.2, 0.25) is 0 Å². The number of alkyl halides is 1. The van der Waals surface area contributed by atoms with Gasteiger partial charge < -0.3 is 0 Å². The maximum atomic E-state index is 4.38. The van der Waals surface area contributed by atoms with E-state index in [2.05, 4.69) is 41.9 Å². The van der Waals surface area contributed by atoms with E-state index in [-0.39, 0.29) is 0 Å². The fourth-order valence-electron chi connectivity index (χ4n) is 1.41. The first-order valence-corrected chi connectivity index (χ1v) is 7.20. The first-order valence-electron chi connectivity index (χ1n) is 5.28. The monoisotopic (exact) mass is 359 g/mol. The maximum Gasteiger partial charge on any atom is 0.0843 e. The number of rotatable bonds is 1. The normalized spacial score (nSPS) is 9.71. The van der Waals surface area contributed by atoms with Crippen molar-refractivity contribution in [1.29, 1.82) is 0 Å². The highest BCUT2D eigenvalue weighted by Crippen LogP contribution is 2.15. The molecule has 0 saturated heterocycles. The van der Waals surface area contributed by atoms with E-state index >= 15 is 0 Å². The topological polar surface area (TPSA) is 30.7 Å². The highest BCUT2D eigenvalue weighted by Gasteiger charge is 2.03. The fourth-order valence-corrected chi connectivity index (χ4v) is 1.76. The van der Waals surface area contributed by atoms with Crippen LogP contribution in [-0.2, 0) is 0 Å². The van der Waals surface area contributed by atoms with Crippen LogP contribution in [-0.4, -0.2) is 20.1 Å². The first kappa shape index (κ1) is 14.4. The number of aryl methyl sites for hydroxylation is 2. The van der Waals surface area contributed by atoms with Gasteiger partial charge in [-0.05, 0) is 41.9 Å². The van der Waals surface area contributed by atoms with Crippen molar-refractivity contribution in [3.05, 3.63) is 40.4 Å². The van der Waals surface area contributed by atoms with Crippen LogP contribution in [0, 0.1) is 13.8 Å². The lowest BCUT2D eigenvalue weighted by Crippen LogP contribution is -1.99. The minimum Gasteiger partial charge on any atom is -0.261 e. The van der Waals surface area contributed by atoms with Crippen molar-refractivity contribution < 1.29 is 0 Å². The number of nitrogens with zero attached hydrogens (tertiary/aromatic N) is 3. The van der Waals surface area contributed by atoms with Crippen LogP contribution in [0.3, 0.4) is 0 Å². The fraction of sp³-hybridized carbons (Fsp3) is 0.333. The van der Waals surface area contributed by atoms with Crippen LogP contribution in [0.1, 0.15) is 18.3 Å². The lowest BCUT2D eigenvalue weighted by atomic mass is 10.4. The third-order valence-corrected chi connectivity index (χ3v) is 2.38. The highest BCUT2D eigenvalue weighted by molar-refractivity contribution is 9.10. The second-order valence-corrected chi connectivity index (χ2v) is 5.50. The molecule has 2 heterocycles. The molecule has 0 spiro atoms. The van der Waals surface area contributed by atoms with Crippen LogP contribution in [0.25, 0.3) is 5.69 Å². The molecular weight excluding hydrogens is 346 g/mol. The summed E-state index contributed by atoms with van der Waals surface area (Å²) in [6.45, 7) is 6.05. The Labute approximate surface area is 119 Å². The molecule has 17 heavy (non-hydrogen) atoms. The van der Waals surface area contributed by atoms with Crippen LogP contribution in [0.4, 0.5) is 0 Å². The Morgan fingerprint density at radius 3 is 2.35 bits per heavy atom. The summed E-state index contributed by atoms with van der Waals surface area (Å²) in [5, 5.41) is 5.44. The van der Waals surface area contributed by atoms with Crippen LogP contribution < -0.4 is 0 Å². The zero-order valence-corrected chi connectivity index (χ0v) is 13.3. The van der Waals surface area contributed by atoms with Gasteiger partial charge in [-0.1, -0.05) is 22.9 Å². The summed E-state index contributed by atoms with van der Waals surface area (Å²) in [5.74, 6) is 0. The Morgan fingerprint density at radius 1 is 1.24 bits per heavy atom. The predicted octanol–water partition coefficient (Wildman–Crippen LogP) is 4.05. The molecule has 0 N–H and O–H groups in total. The van der Waals surface area contributed by atoms with Crippen LogP contribution >= 0.6 is 31.9 Å². The molecule has 0 aliphatic carbocycles. The van der Waals surface area contributed by atoms with E-state index in [1.54, 1.807) is 12.4 Å². The van der Waals surface area contributed by atoms with Gasteiger partial charge in [-0.25, -0.2) is 4.68 Å². The van der Waals surface area contributed by atoms with E-state index in [4.69, 9.17) is 0 Å². The van der Waals surface area contributed by atoms with Crippen molar-refractivity contribution >= 4 is 31.9 Å². The molecule has 0 saturated carbocycles. The minimum atomic E-state index is 0.961. The Balaban J connectivity index is 0.000000437. The molecule has 2 aromatic rings. The smallest absolute Gasteiger partial charge is 0.0843 e. The number of hydrogen-bond donors (Lipinski definition) is 0. The molecule has 0 aromatic carbocycles. The van der Waals surface area contributed by atoms with Crippen molar-refractivity contribution in [2.24, 2.45) is 0 Å². The van der Waals surface area contributed by atoms with Crippen molar-refractivity contribution in [1.82, 2.24) is 14.8 Å². The average Bonchev–Trinajstić information content (AvgIpc) is 2.59. The molecule has 0 radical (unpaired) electrons. The second kappa shape index (κ2) is 6.91. The van der Waals surface area contributed by atoms with Gasteiger partial charge in [-0.2, -0.15) is 5.10 Å². The summed E-state index contributed by atoms with van der Waals surface area (Å²) >= 11 is 6.53. The molecule has 92 valence electrons. The van der Waals surface area contributed by atoms with Crippen molar-refractivity contribution in [3.63, 3.8) is 0 Å². The molecular formula is C12H15Br2N3. The molecule has 3 nitrogen and oxygen atoms in total. The predicted molar refractivity (Wildman–Crippen MR) is 78.0 cm³/mol. The summed E-state index contributed by atoms with van der Waals surface area (Å²) < 4.78 is 2.84. The molecule has 2 aromatic heterocycles. The highest BCUT2D eigenvalue weighted by atomic mass is 79.9. The third kappa shape index (κ3) is 4.24. The van der Waals surface area contributed by atoms with Crippen molar-refractivity contribution in [2.75, 3.05) is 5.33 Å². The van der Waals surface area contributed by atoms with Gasteiger partial charge in [0.15, 0.2) is 0 Å². The summed E-state index contributed by atoms with van der Waals surface area (Å²) in [4.78, 5) is 4.10. The Morgan fingerprint density at radius 2 is 1.88 bits per heavy atom. The molecule has 0 fully saturated rings. The molecule has 0 unspecified atom stereocenters. The summed E-state index contributed by atoms with van der Waals surface area (Å²) in [6.07, 6.45) is 3.55. The molecule has 0 bridgehead atoms. The van der Waals surface area contributed by atoms with Gasteiger partial charge in [-0.3, -0.25) is 4.98 Å². The van der Waals surface area contributed by atoms with E-state index < -0.39 is 0 Å². The van der Waals surface area contributed by atoms with Crippen LogP contribution in [0.5, 0.6) is 0 Å². The van der Waals surface area contributed by atoms with Gasteiger partial charge in [0.25, 0.3) is 0 Å². The van der Waals surface area contributed by atoms with Gasteiger partial charge in [0.1, 0.15) is 0 Å². The van der Waals surface area contributed by atoms with Crippen molar-refractivity contribution in [3.8, 4) is 5.69 Å². The van der Waals surface area contributed by atoms with Gasteiger partial charge in [0, 0.05) is 21.7 Å². The van der Waals surface area contributed by atoms with Crippen LogP contribution in [0.2, 0.25) is 0 Å². The Kier molecular flexibility index (Phi) is 5.85. The van der Waals surface area contributed by atoms with Gasteiger partial charge in [0.05, 0.1) is 17.6 Å². The van der Waals surface area contributed by atoms with Gasteiger partial charge in [-0.15, -0.1) is 0 Å². The first-order chi connectivity index (χ1) is 8.08. The Bertz CT molecular complexity index is 480. The second-order valence-electron chi connectivity index (χ2n) is 3.47. The van der Waals surface area contributed by atoms with E-state index in [1.807, 2.05) is 37.6 Å². The lowest BCUT2D eigenvalue weighted by molar-refractivity contribution is 0.828. The minimum absolute atomic E-state index is 0.961. The zero-order valence-electron chi connectivity index (χ0n) is 10.1. The number of aromatic nitrogens is 3. The summed E-state index contributed by atoms with van der Waals surface area (Å²) in [5.41, 5.74) is 3.11. The molecule has 0 amide bonds. The molecule has 0 atom stereocenters. The molecule has 5 heteroatoms. The molecule has 0 aliphatic heterocycles. The third-order valence-electron chi connectivity index (χ3n) is 1.94. The molecule has 0 aliphatic rings. The van der Waals surface area contributed by atoms with E-state index in [0.29, 0.717) is 0 Å². The van der Waals surface area contributed by atoms with Crippen LogP contribution in [0.15, 0.2) is 29.0 Å². The van der Waals surface area contributed by atoms with Crippen molar-refractivity contribution in [2.45, 2.75) is 20.8 Å². The largest absolute Gasteiger partial charge is 0.261 e.